The molecule has 1 aromatic carbocycles. The number of methoxy groups -OCH3 is 1. The van der Waals surface area contributed by atoms with Crippen molar-refractivity contribution >= 4 is 5.69 Å². The van der Waals surface area contributed by atoms with Gasteiger partial charge in [-0.3, -0.25) is 0 Å². The third-order valence-corrected chi connectivity index (χ3v) is 2.68. The summed E-state index contributed by atoms with van der Waals surface area (Å²) in [7, 11) is 1.59. The Morgan fingerprint density at radius 2 is 2.17 bits per heavy atom. The van der Waals surface area contributed by atoms with Crippen molar-refractivity contribution < 1.29 is 9.13 Å². The number of anilines is 1. The van der Waals surface area contributed by atoms with Crippen LogP contribution in [0, 0.1) is 12.7 Å². The lowest BCUT2D eigenvalue weighted by atomic mass is 10.2. The smallest absolute Gasteiger partial charge is 0.218 e. The van der Waals surface area contributed by atoms with Crippen LogP contribution in [0.4, 0.5) is 10.1 Å². The molecule has 2 rings (SSSR count). The summed E-state index contributed by atoms with van der Waals surface area (Å²) in [6.07, 6.45) is 1.68. The second-order valence-corrected chi connectivity index (χ2v) is 3.99. The van der Waals surface area contributed by atoms with E-state index in [4.69, 9.17) is 4.74 Å². The van der Waals surface area contributed by atoms with Crippen molar-refractivity contribution in [3.05, 3.63) is 53.5 Å². The standard InChI is InChI=1S/C14H15FN2O/c1-10-8-12(5-6-13(10)15)17-9-11-4-3-7-16-14(11)18-2/h3-8,17H,9H2,1-2H3. The van der Waals surface area contributed by atoms with E-state index >= 15 is 0 Å². The normalized spacial score (nSPS) is 10.2. The van der Waals surface area contributed by atoms with Crippen LogP contribution in [0.5, 0.6) is 5.88 Å². The van der Waals surface area contributed by atoms with Crippen LogP contribution in [0.2, 0.25) is 0 Å². The van der Waals surface area contributed by atoms with Gasteiger partial charge in [-0.15, -0.1) is 0 Å². The van der Waals surface area contributed by atoms with Gasteiger partial charge in [0.2, 0.25) is 5.88 Å². The van der Waals surface area contributed by atoms with Crippen molar-refractivity contribution in [2.45, 2.75) is 13.5 Å². The molecule has 0 bridgehead atoms. The minimum absolute atomic E-state index is 0.195. The van der Waals surface area contributed by atoms with Gasteiger partial charge in [-0.25, -0.2) is 9.37 Å². The summed E-state index contributed by atoms with van der Waals surface area (Å²) in [5.41, 5.74) is 2.46. The number of aryl methyl sites for hydroxylation is 1. The maximum atomic E-state index is 13.1. The predicted octanol–water partition coefficient (Wildman–Crippen LogP) is 3.15. The lowest BCUT2D eigenvalue weighted by Crippen LogP contribution is -2.03. The molecule has 1 N–H and O–H groups in total. The van der Waals surface area contributed by atoms with Crippen LogP contribution in [-0.2, 0) is 6.54 Å². The average Bonchev–Trinajstić information content (AvgIpc) is 2.40. The molecule has 0 fully saturated rings. The summed E-state index contributed by atoms with van der Waals surface area (Å²) >= 11 is 0. The van der Waals surface area contributed by atoms with Gasteiger partial charge in [-0.2, -0.15) is 0 Å². The van der Waals surface area contributed by atoms with Crippen molar-refractivity contribution in [1.29, 1.82) is 0 Å². The highest BCUT2D eigenvalue weighted by Crippen LogP contribution is 2.18. The molecule has 0 radical (unpaired) electrons. The molecule has 18 heavy (non-hydrogen) atoms. The Hall–Kier alpha value is -2.10. The van der Waals surface area contributed by atoms with E-state index in [1.807, 2.05) is 12.1 Å². The largest absolute Gasteiger partial charge is 0.481 e. The van der Waals surface area contributed by atoms with E-state index in [9.17, 15) is 4.39 Å². The lowest BCUT2D eigenvalue weighted by molar-refractivity contribution is 0.393. The molecule has 0 unspecified atom stereocenters. The number of nitrogens with one attached hydrogen (secondary N) is 1. The highest BCUT2D eigenvalue weighted by molar-refractivity contribution is 5.47. The molecule has 0 aliphatic rings. The minimum Gasteiger partial charge on any atom is -0.481 e. The number of hydrogen-bond acceptors (Lipinski definition) is 3. The van der Waals surface area contributed by atoms with Crippen LogP contribution in [0.1, 0.15) is 11.1 Å². The molecule has 0 saturated carbocycles. The van der Waals surface area contributed by atoms with Crippen molar-refractivity contribution in [2.24, 2.45) is 0 Å². The molecule has 0 atom stereocenters. The summed E-state index contributed by atoms with van der Waals surface area (Å²) in [6, 6.07) is 8.74. The fourth-order valence-electron chi connectivity index (χ4n) is 1.69. The predicted molar refractivity (Wildman–Crippen MR) is 69.3 cm³/mol. The van der Waals surface area contributed by atoms with E-state index in [0.29, 0.717) is 18.0 Å². The summed E-state index contributed by atoms with van der Waals surface area (Å²) in [5, 5.41) is 3.22. The van der Waals surface area contributed by atoms with E-state index in [1.54, 1.807) is 32.4 Å². The monoisotopic (exact) mass is 246 g/mol. The van der Waals surface area contributed by atoms with Gasteiger partial charge >= 0.3 is 0 Å². The van der Waals surface area contributed by atoms with Gasteiger partial charge in [0.25, 0.3) is 0 Å². The first-order valence-electron chi connectivity index (χ1n) is 5.68. The molecular weight excluding hydrogens is 231 g/mol. The molecule has 0 aliphatic carbocycles. The Bertz CT molecular complexity index is 543. The number of aromatic nitrogens is 1. The van der Waals surface area contributed by atoms with Gasteiger partial charge in [0.15, 0.2) is 0 Å². The zero-order valence-corrected chi connectivity index (χ0v) is 10.4. The first-order valence-corrected chi connectivity index (χ1v) is 5.68. The summed E-state index contributed by atoms with van der Waals surface area (Å²) < 4.78 is 18.3. The van der Waals surface area contributed by atoms with Crippen LogP contribution in [0.3, 0.4) is 0 Å². The van der Waals surface area contributed by atoms with Crippen molar-refractivity contribution in [3.63, 3.8) is 0 Å². The fourth-order valence-corrected chi connectivity index (χ4v) is 1.69. The fraction of sp³-hybridized carbons (Fsp3) is 0.214. The van der Waals surface area contributed by atoms with Crippen molar-refractivity contribution in [1.82, 2.24) is 4.98 Å². The lowest BCUT2D eigenvalue weighted by Gasteiger charge is -2.10. The molecule has 94 valence electrons. The Morgan fingerprint density at radius 1 is 1.33 bits per heavy atom. The summed E-state index contributed by atoms with van der Waals surface area (Å²) in [4.78, 5) is 4.12. The molecule has 1 aromatic heterocycles. The van der Waals surface area contributed by atoms with E-state index < -0.39 is 0 Å². The second-order valence-electron chi connectivity index (χ2n) is 3.99. The van der Waals surface area contributed by atoms with E-state index in [1.165, 1.54) is 6.07 Å². The Kier molecular flexibility index (Phi) is 3.77. The number of pyridine rings is 1. The van der Waals surface area contributed by atoms with Crippen LogP contribution >= 0.6 is 0 Å². The third kappa shape index (κ3) is 2.77. The van der Waals surface area contributed by atoms with Crippen molar-refractivity contribution in [3.8, 4) is 5.88 Å². The van der Waals surface area contributed by atoms with Gasteiger partial charge < -0.3 is 10.1 Å². The summed E-state index contributed by atoms with van der Waals surface area (Å²) in [6.45, 7) is 2.33. The Balaban J connectivity index is 2.09. The van der Waals surface area contributed by atoms with Gasteiger partial charge in [0.1, 0.15) is 5.82 Å². The molecule has 0 aliphatic heterocycles. The van der Waals surface area contributed by atoms with Crippen LogP contribution in [0.15, 0.2) is 36.5 Å². The van der Waals surface area contributed by atoms with Gasteiger partial charge in [-0.05, 0) is 36.8 Å². The topological polar surface area (TPSA) is 34.1 Å². The number of nitrogens with zero attached hydrogens (tertiary/aromatic N) is 1. The van der Waals surface area contributed by atoms with Gasteiger partial charge in [0, 0.05) is 24.0 Å². The molecule has 0 amide bonds. The second kappa shape index (κ2) is 5.49. The number of ether oxygens (including phenoxy) is 1. The Morgan fingerprint density at radius 3 is 2.89 bits per heavy atom. The third-order valence-electron chi connectivity index (χ3n) is 2.68. The molecule has 4 heteroatoms. The Labute approximate surface area is 106 Å². The maximum Gasteiger partial charge on any atom is 0.218 e. The maximum absolute atomic E-state index is 13.1. The van der Waals surface area contributed by atoms with E-state index in [2.05, 4.69) is 10.3 Å². The van der Waals surface area contributed by atoms with Crippen LogP contribution in [-0.4, -0.2) is 12.1 Å². The minimum atomic E-state index is -0.195. The van der Waals surface area contributed by atoms with E-state index in [0.717, 1.165) is 11.3 Å². The summed E-state index contributed by atoms with van der Waals surface area (Å²) in [5.74, 6) is 0.406. The molecular formula is C14H15FN2O. The molecule has 2 aromatic rings. The van der Waals surface area contributed by atoms with Crippen molar-refractivity contribution in [2.75, 3.05) is 12.4 Å². The molecule has 0 spiro atoms. The number of rotatable bonds is 4. The number of benzene rings is 1. The number of halogens is 1. The SMILES string of the molecule is COc1ncccc1CNc1ccc(F)c(C)c1. The quantitative estimate of drug-likeness (QED) is 0.899. The van der Waals surface area contributed by atoms with Gasteiger partial charge in [-0.1, -0.05) is 6.07 Å². The zero-order chi connectivity index (χ0) is 13.0. The average molecular weight is 246 g/mol. The zero-order valence-electron chi connectivity index (χ0n) is 10.4. The first-order chi connectivity index (χ1) is 8.70. The molecule has 0 saturated heterocycles. The van der Waals surface area contributed by atoms with Crippen LogP contribution < -0.4 is 10.1 Å². The molecule has 1 heterocycles. The van der Waals surface area contributed by atoms with Gasteiger partial charge in [0.05, 0.1) is 7.11 Å². The first kappa shape index (κ1) is 12.4. The highest BCUT2D eigenvalue weighted by atomic mass is 19.1. The molecule has 3 nitrogen and oxygen atoms in total. The number of hydrogen-bond donors (Lipinski definition) is 1. The van der Waals surface area contributed by atoms with E-state index in [-0.39, 0.29) is 5.82 Å². The van der Waals surface area contributed by atoms with Crippen LogP contribution in [0.25, 0.3) is 0 Å². The highest BCUT2D eigenvalue weighted by Gasteiger charge is 2.03.